The standard InChI is InChI=1S/C16H20N2O3/c1-5-21-15(19)13-11(4)17-16(20)18-14(13)12-7-6-9(2)8-10(12)3/h6-8,14H,5H2,1-4H3,(H2,17,18,20). The highest BCUT2D eigenvalue weighted by molar-refractivity contribution is 5.95. The second-order valence-electron chi connectivity index (χ2n) is 5.15. The van der Waals surface area contributed by atoms with Crippen LogP contribution in [0.5, 0.6) is 0 Å². The van der Waals surface area contributed by atoms with Crippen LogP contribution in [0.4, 0.5) is 4.79 Å². The number of carbonyl (C=O) groups is 2. The van der Waals surface area contributed by atoms with Crippen molar-refractivity contribution in [2.24, 2.45) is 0 Å². The van der Waals surface area contributed by atoms with Crippen molar-refractivity contribution in [1.82, 2.24) is 10.6 Å². The van der Waals surface area contributed by atoms with Crippen molar-refractivity contribution in [3.63, 3.8) is 0 Å². The van der Waals surface area contributed by atoms with Crippen molar-refractivity contribution >= 4 is 12.0 Å². The first-order valence-corrected chi connectivity index (χ1v) is 6.96. The van der Waals surface area contributed by atoms with Gasteiger partial charge in [-0.2, -0.15) is 0 Å². The predicted molar refractivity (Wildman–Crippen MR) is 79.7 cm³/mol. The molecule has 112 valence electrons. The highest BCUT2D eigenvalue weighted by Crippen LogP contribution is 2.30. The van der Waals surface area contributed by atoms with Gasteiger partial charge in [0.05, 0.1) is 18.2 Å². The Bertz CT molecular complexity index is 620. The lowest BCUT2D eigenvalue weighted by Crippen LogP contribution is -2.45. The van der Waals surface area contributed by atoms with Gasteiger partial charge in [-0.15, -0.1) is 0 Å². The Labute approximate surface area is 124 Å². The van der Waals surface area contributed by atoms with Crippen LogP contribution in [-0.4, -0.2) is 18.6 Å². The van der Waals surface area contributed by atoms with E-state index in [0.29, 0.717) is 17.9 Å². The summed E-state index contributed by atoms with van der Waals surface area (Å²) in [7, 11) is 0. The Morgan fingerprint density at radius 3 is 2.62 bits per heavy atom. The molecule has 2 rings (SSSR count). The van der Waals surface area contributed by atoms with E-state index < -0.39 is 12.0 Å². The molecule has 2 amide bonds. The van der Waals surface area contributed by atoms with Crippen LogP contribution < -0.4 is 10.6 Å². The van der Waals surface area contributed by atoms with E-state index in [1.807, 2.05) is 32.0 Å². The van der Waals surface area contributed by atoms with Crippen LogP contribution in [0.3, 0.4) is 0 Å². The Morgan fingerprint density at radius 2 is 2.00 bits per heavy atom. The Balaban J connectivity index is 2.49. The highest BCUT2D eigenvalue weighted by Gasteiger charge is 2.32. The first-order valence-electron chi connectivity index (χ1n) is 6.96. The molecule has 0 spiro atoms. The summed E-state index contributed by atoms with van der Waals surface area (Å²) in [5.41, 5.74) is 4.04. The van der Waals surface area contributed by atoms with Gasteiger partial charge in [0.15, 0.2) is 0 Å². The van der Waals surface area contributed by atoms with Crippen molar-refractivity contribution in [1.29, 1.82) is 0 Å². The van der Waals surface area contributed by atoms with Gasteiger partial charge in [0.1, 0.15) is 0 Å². The smallest absolute Gasteiger partial charge is 0.338 e. The van der Waals surface area contributed by atoms with Crippen LogP contribution in [0, 0.1) is 13.8 Å². The monoisotopic (exact) mass is 288 g/mol. The zero-order chi connectivity index (χ0) is 15.6. The molecule has 5 nitrogen and oxygen atoms in total. The van der Waals surface area contributed by atoms with E-state index in [9.17, 15) is 9.59 Å². The number of benzene rings is 1. The summed E-state index contributed by atoms with van der Waals surface area (Å²) in [5, 5.41) is 5.43. The molecule has 1 heterocycles. The summed E-state index contributed by atoms with van der Waals surface area (Å²) >= 11 is 0. The number of amides is 2. The summed E-state index contributed by atoms with van der Waals surface area (Å²) in [6, 6.07) is 5.13. The summed E-state index contributed by atoms with van der Waals surface area (Å²) in [5.74, 6) is -0.410. The maximum Gasteiger partial charge on any atom is 0.338 e. The Hall–Kier alpha value is -2.30. The Kier molecular flexibility index (Phi) is 4.31. The zero-order valence-corrected chi connectivity index (χ0v) is 12.7. The molecule has 5 heteroatoms. The van der Waals surface area contributed by atoms with Gasteiger partial charge < -0.3 is 15.4 Å². The average Bonchev–Trinajstić information content (AvgIpc) is 2.37. The normalized spacial score (nSPS) is 18.1. The lowest BCUT2D eigenvalue weighted by Gasteiger charge is -2.29. The first kappa shape index (κ1) is 15.1. The molecule has 1 atom stereocenters. The van der Waals surface area contributed by atoms with Crippen molar-refractivity contribution in [2.45, 2.75) is 33.7 Å². The van der Waals surface area contributed by atoms with Crippen LogP contribution in [-0.2, 0) is 9.53 Å². The maximum absolute atomic E-state index is 12.2. The molecule has 1 aromatic carbocycles. The van der Waals surface area contributed by atoms with Gasteiger partial charge in [-0.25, -0.2) is 9.59 Å². The van der Waals surface area contributed by atoms with E-state index in [1.54, 1.807) is 13.8 Å². The first-order chi connectivity index (χ1) is 9.93. The van der Waals surface area contributed by atoms with E-state index in [2.05, 4.69) is 10.6 Å². The second kappa shape index (κ2) is 5.99. The van der Waals surface area contributed by atoms with E-state index in [0.717, 1.165) is 16.7 Å². The van der Waals surface area contributed by atoms with Crippen molar-refractivity contribution in [3.8, 4) is 0 Å². The molecular formula is C16H20N2O3. The summed E-state index contributed by atoms with van der Waals surface area (Å²) < 4.78 is 5.11. The quantitative estimate of drug-likeness (QED) is 0.840. The fraction of sp³-hybridized carbons (Fsp3) is 0.375. The van der Waals surface area contributed by atoms with Gasteiger partial charge >= 0.3 is 12.0 Å². The minimum Gasteiger partial charge on any atom is -0.463 e. The number of hydrogen-bond acceptors (Lipinski definition) is 3. The minimum atomic E-state index is -0.488. The summed E-state index contributed by atoms with van der Waals surface area (Å²) in [6.07, 6.45) is 0. The fourth-order valence-electron chi connectivity index (χ4n) is 2.56. The number of esters is 1. The number of rotatable bonds is 3. The molecule has 0 aliphatic carbocycles. The van der Waals surface area contributed by atoms with Crippen molar-refractivity contribution < 1.29 is 14.3 Å². The van der Waals surface area contributed by atoms with E-state index >= 15 is 0 Å². The number of carbonyl (C=O) groups excluding carboxylic acids is 2. The van der Waals surface area contributed by atoms with Gasteiger partial charge in [0.25, 0.3) is 0 Å². The Morgan fingerprint density at radius 1 is 1.29 bits per heavy atom. The van der Waals surface area contributed by atoms with Crippen molar-refractivity contribution in [3.05, 3.63) is 46.2 Å². The lowest BCUT2D eigenvalue weighted by molar-refractivity contribution is -0.139. The second-order valence-corrected chi connectivity index (χ2v) is 5.15. The van der Waals surface area contributed by atoms with Gasteiger partial charge in [-0.1, -0.05) is 23.8 Å². The van der Waals surface area contributed by atoms with E-state index in [1.165, 1.54) is 0 Å². The summed E-state index contributed by atoms with van der Waals surface area (Å²) in [4.78, 5) is 24.0. The third kappa shape index (κ3) is 3.07. The predicted octanol–water partition coefficient (Wildman–Crippen LogP) is 2.49. The number of nitrogens with one attached hydrogen (secondary N) is 2. The molecule has 1 aliphatic rings. The largest absolute Gasteiger partial charge is 0.463 e. The van der Waals surface area contributed by atoms with Crippen LogP contribution in [0.2, 0.25) is 0 Å². The summed E-state index contributed by atoms with van der Waals surface area (Å²) in [6.45, 7) is 7.74. The van der Waals surface area contributed by atoms with Crippen LogP contribution in [0.15, 0.2) is 29.5 Å². The van der Waals surface area contributed by atoms with Gasteiger partial charge in [-0.05, 0) is 38.8 Å². The number of hydrogen-bond donors (Lipinski definition) is 2. The molecule has 0 saturated heterocycles. The van der Waals surface area contributed by atoms with Crippen LogP contribution in [0.1, 0.15) is 36.6 Å². The number of urea groups is 1. The van der Waals surface area contributed by atoms with Crippen LogP contribution >= 0.6 is 0 Å². The third-order valence-corrected chi connectivity index (χ3v) is 3.50. The minimum absolute atomic E-state index is 0.295. The number of ether oxygens (including phenoxy) is 1. The topological polar surface area (TPSA) is 67.4 Å². The zero-order valence-electron chi connectivity index (χ0n) is 12.7. The van der Waals surface area contributed by atoms with Gasteiger partial charge in [0.2, 0.25) is 0 Å². The van der Waals surface area contributed by atoms with Gasteiger partial charge in [-0.3, -0.25) is 0 Å². The molecule has 1 aliphatic heterocycles. The van der Waals surface area contributed by atoms with Gasteiger partial charge in [0, 0.05) is 5.70 Å². The maximum atomic E-state index is 12.2. The van der Waals surface area contributed by atoms with E-state index in [-0.39, 0.29) is 6.03 Å². The van der Waals surface area contributed by atoms with Crippen molar-refractivity contribution in [2.75, 3.05) is 6.61 Å². The SMILES string of the molecule is CCOC(=O)C1=C(C)NC(=O)NC1c1ccc(C)cc1C. The molecule has 0 aromatic heterocycles. The molecule has 21 heavy (non-hydrogen) atoms. The van der Waals surface area contributed by atoms with E-state index in [4.69, 9.17) is 4.74 Å². The van der Waals surface area contributed by atoms with Crippen LogP contribution in [0.25, 0.3) is 0 Å². The molecule has 2 N–H and O–H groups in total. The third-order valence-electron chi connectivity index (χ3n) is 3.50. The fourth-order valence-corrected chi connectivity index (χ4v) is 2.56. The molecule has 0 radical (unpaired) electrons. The molecule has 1 unspecified atom stereocenters. The molecule has 0 bridgehead atoms. The number of allylic oxidation sites excluding steroid dienone is 1. The average molecular weight is 288 g/mol. The molecule has 1 aromatic rings. The molecule has 0 fully saturated rings. The lowest BCUT2D eigenvalue weighted by atomic mass is 9.91. The highest BCUT2D eigenvalue weighted by atomic mass is 16.5. The molecule has 0 saturated carbocycles. The number of aryl methyl sites for hydroxylation is 2. The molecular weight excluding hydrogens is 268 g/mol.